The van der Waals surface area contributed by atoms with Crippen molar-refractivity contribution in [2.45, 2.75) is 32.4 Å². The van der Waals surface area contributed by atoms with Crippen molar-refractivity contribution in [2.75, 3.05) is 7.11 Å². The highest BCUT2D eigenvalue weighted by atomic mass is 32.1. The van der Waals surface area contributed by atoms with E-state index in [4.69, 9.17) is 10.00 Å². The van der Waals surface area contributed by atoms with Gasteiger partial charge in [-0.05, 0) is 31.0 Å². The van der Waals surface area contributed by atoms with E-state index < -0.39 is 6.04 Å². The van der Waals surface area contributed by atoms with E-state index in [0.717, 1.165) is 11.4 Å². The van der Waals surface area contributed by atoms with Gasteiger partial charge in [-0.1, -0.05) is 19.1 Å². The number of carbonyl (C=O) groups excluding carboxylic acids is 1. The van der Waals surface area contributed by atoms with Crippen LogP contribution in [-0.4, -0.2) is 18.1 Å². The Balaban J connectivity index is 2.25. The number of aromatic nitrogens is 1. The van der Waals surface area contributed by atoms with Crippen LogP contribution in [-0.2, 0) is 16.0 Å². The van der Waals surface area contributed by atoms with Crippen molar-refractivity contribution in [3.05, 3.63) is 51.5 Å². The molecule has 2 rings (SSSR count). The molecule has 0 saturated carbocycles. The van der Waals surface area contributed by atoms with Gasteiger partial charge in [0.2, 0.25) is 0 Å². The molecule has 120 valence electrons. The highest BCUT2D eigenvalue weighted by Gasteiger charge is 2.25. The number of rotatable bonds is 6. The molecule has 2 atom stereocenters. The number of benzene rings is 1. The molecule has 0 bridgehead atoms. The molecule has 0 radical (unpaired) electrons. The lowest BCUT2D eigenvalue weighted by molar-refractivity contribution is -0.143. The van der Waals surface area contributed by atoms with E-state index >= 15 is 0 Å². The van der Waals surface area contributed by atoms with Crippen molar-refractivity contribution in [3.8, 4) is 6.07 Å². The van der Waals surface area contributed by atoms with E-state index in [1.54, 1.807) is 29.5 Å². The predicted octanol–water partition coefficient (Wildman–Crippen LogP) is 3.14. The lowest BCUT2D eigenvalue weighted by atomic mass is 10.0. The molecule has 0 amide bonds. The number of hydrogen-bond donors (Lipinski definition) is 1. The Labute approximate surface area is 139 Å². The van der Waals surface area contributed by atoms with Gasteiger partial charge in [-0.25, -0.2) is 9.78 Å². The fraction of sp³-hybridized carbons (Fsp3) is 0.353. The summed E-state index contributed by atoms with van der Waals surface area (Å²) in [5.41, 5.74) is 1.21. The number of esters is 1. The second-order valence-electron chi connectivity index (χ2n) is 5.10. The minimum atomic E-state index is -0.641. The normalized spacial score (nSPS) is 13.1. The van der Waals surface area contributed by atoms with E-state index in [-0.39, 0.29) is 12.0 Å². The Morgan fingerprint density at radius 2 is 2.30 bits per heavy atom. The van der Waals surface area contributed by atoms with Crippen molar-refractivity contribution in [1.82, 2.24) is 10.3 Å². The first-order chi connectivity index (χ1) is 11.1. The number of nitrogens with one attached hydrogen (secondary N) is 1. The Morgan fingerprint density at radius 3 is 2.91 bits per heavy atom. The van der Waals surface area contributed by atoms with E-state index in [1.165, 1.54) is 12.0 Å². The highest BCUT2D eigenvalue weighted by molar-refractivity contribution is 7.11. The lowest BCUT2D eigenvalue weighted by Crippen LogP contribution is -2.31. The monoisotopic (exact) mass is 329 g/mol. The molecule has 0 spiro atoms. The highest BCUT2D eigenvalue weighted by Crippen LogP contribution is 2.25. The minimum absolute atomic E-state index is 0.102. The molecule has 0 aliphatic heterocycles. The molecule has 23 heavy (non-hydrogen) atoms. The van der Waals surface area contributed by atoms with Crippen LogP contribution < -0.4 is 5.32 Å². The number of aryl methyl sites for hydroxylation is 1. The summed E-state index contributed by atoms with van der Waals surface area (Å²) in [5.74, 6) is -0.390. The lowest BCUT2D eigenvalue weighted by Gasteiger charge is -2.20. The summed E-state index contributed by atoms with van der Waals surface area (Å²) in [6, 6.07) is 8.31. The maximum absolute atomic E-state index is 12.2. The average molecular weight is 329 g/mol. The summed E-state index contributed by atoms with van der Waals surface area (Å²) in [4.78, 5) is 17.8. The Hall–Kier alpha value is -2.23. The molecule has 6 heteroatoms. The smallest absolute Gasteiger partial charge is 0.327 e. The fourth-order valence-electron chi connectivity index (χ4n) is 2.21. The Morgan fingerprint density at radius 1 is 1.52 bits per heavy atom. The summed E-state index contributed by atoms with van der Waals surface area (Å²) < 4.78 is 4.90. The van der Waals surface area contributed by atoms with Crippen LogP contribution in [0.2, 0.25) is 0 Å². The molecule has 2 aromatic rings. The third-order valence-electron chi connectivity index (χ3n) is 3.49. The molecule has 1 N–H and O–H groups in total. The van der Waals surface area contributed by atoms with E-state index in [9.17, 15) is 4.79 Å². The molecule has 0 aliphatic carbocycles. The number of thiazole rings is 1. The number of carbonyl (C=O) groups is 1. The van der Waals surface area contributed by atoms with Crippen molar-refractivity contribution in [2.24, 2.45) is 0 Å². The SMILES string of the molecule is CCc1cnc([C@@H](C)N[C@@H](C(=O)OC)c2cccc(C#N)c2)s1. The van der Waals surface area contributed by atoms with Crippen LogP contribution in [0, 0.1) is 11.3 Å². The molecule has 5 nitrogen and oxygen atoms in total. The van der Waals surface area contributed by atoms with Crippen LogP contribution in [0.1, 0.15) is 46.9 Å². The van der Waals surface area contributed by atoms with Gasteiger partial charge in [-0.2, -0.15) is 5.26 Å². The van der Waals surface area contributed by atoms with Crippen LogP contribution in [0.3, 0.4) is 0 Å². The number of nitrogens with zero attached hydrogens (tertiary/aromatic N) is 2. The number of hydrogen-bond acceptors (Lipinski definition) is 6. The summed E-state index contributed by atoms with van der Waals surface area (Å²) in [7, 11) is 1.36. The molecule has 0 fully saturated rings. The third-order valence-corrected chi connectivity index (χ3v) is 4.82. The van der Waals surface area contributed by atoms with E-state index in [0.29, 0.717) is 11.1 Å². The van der Waals surface area contributed by atoms with Gasteiger partial charge in [0, 0.05) is 11.1 Å². The topological polar surface area (TPSA) is 75.0 Å². The molecular weight excluding hydrogens is 310 g/mol. The first-order valence-electron chi connectivity index (χ1n) is 7.37. The van der Waals surface area contributed by atoms with Gasteiger partial charge in [0.05, 0.1) is 24.8 Å². The zero-order valence-corrected chi connectivity index (χ0v) is 14.2. The molecular formula is C17H19N3O2S. The Bertz CT molecular complexity index is 721. The molecule has 0 saturated heterocycles. The van der Waals surface area contributed by atoms with Crippen molar-refractivity contribution >= 4 is 17.3 Å². The molecule has 1 aromatic heterocycles. The van der Waals surface area contributed by atoms with Crippen LogP contribution in [0.25, 0.3) is 0 Å². The Kier molecular flexibility index (Phi) is 5.85. The largest absolute Gasteiger partial charge is 0.468 e. The van der Waals surface area contributed by atoms with Crippen LogP contribution in [0.4, 0.5) is 0 Å². The number of methoxy groups -OCH3 is 1. The minimum Gasteiger partial charge on any atom is -0.468 e. The van der Waals surface area contributed by atoms with Crippen LogP contribution in [0.15, 0.2) is 30.5 Å². The van der Waals surface area contributed by atoms with E-state index in [2.05, 4.69) is 23.3 Å². The fourth-order valence-corrected chi connectivity index (χ4v) is 3.08. The quantitative estimate of drug-likeness (QED) is 0.824. The zero-order valence-electron chi connectivity index (χ0n) is 13.4. The van der Waals surface area contributed by atoms with E-state index in [1.807, 2.05) is 19.2 Å². The summed E-state index contributed by atoms with van der Waals surface area (Å²) in [6.07, 6.45) is 2.80. The summed E-state index contributed by atoms with van der Waals surface area (Å²) >= 11 is 1.63. The summed E-state index contributed by atoms with van der Waals surface area (Å²) in [5, 5.41) is 13.2. The molecule has 0 aliphatic rings. The van der Waals surface area contributed by atoms with Gasteiger partial charge in [-0.15, -0.1) is 11.3 Å². The van der Waals surface area contributed by atoms with Gasteiger partial charge in [0.25, 0.3) is 0 Å². The van der Waals surface area contributed by atoms with Gasteiger partial charge in [0.1, 0.15) is 11.0 Å². The van der Waals surface area contributed by atoms with Crippen LogP contribution >= 0.6 is 11.3 Å². The molecule has 1 aromatic carbocycles. The maximum Gasteiger partial charge on any atom is 0.327 e. The first kappa shape index (κ1) is 17.1. The maximum atomic E-state index is 12.2. The van der Waals surface area contributed by atoms with Crippen molar-refractivity contribution in [1.29, 1.82) is 5.26 Å². The van der Waals surface area contributed by atoms with Crippen molar-refractivity contribution < 1.29 is 9.53 Å². The zero-order chi connectivity index (χ0) is 16.8. The number of nitriles is 1. The second-order valence-corrected chi connectivity index (χ2v) is 6.25. The van der Waals surface area contributed by atoms with Crippen LogP contribution in [0.5, 0.6) is 0 Å². The first-order valence-corrected chi connectivity index (χ1v) is 8.19. The van der Waals surface area contributed by atoms with Gasteiger partial charge < -0.3 is 4.74 Å². The van der Waals surface area contributed by atoms with Gasteiger partial charge in [-0.3, -0.25) is 5.32 Å². The van der Waals surface area contributed by atoms with Gasteiger partial charge in [0.15, 0.2) is 0 Å². The standard InChI is InChI=1S/C17H19N3O2S/c1-4-14-10-19-16(23-14)11(2)20-15(17(21)22-3)13-7-5-6-12(8-13)9-18/h5-8,10-11,15,20H,4H2,1-3H3/t11-,15-/m1/s1. The van der Waals surface area contributed by atoms with Crippen molar-refractivity contribution in [3.63, 3.8) is 0 Å². The molecule has 0 unspecified atom stereocenters. The van der Waals surface area contributed by atoms with Gasteiger partial charge >= 0.3 is 5.97 Å². The molecule has 1 heterocycles. The third kappa shape index (κ3) is 4.15. The number of ether oxygens (including phenoxy) is 1. The second kappa shape index (κ2) is 7.86. The predicted molar refractivity (Wildman–Crippen MR) is 89.0 cm³/mol. The average Bonchev–Trinajstić information content (AvgIpc) is 3.08. The summed E-state index contributed by atoms with van der Waals surface area (Å²) in [6.45, 7) is 4.04.